The summed E-state index contributed by atoms with van der Waals surface area (Å²) in [7, 11) is 0. The molecule has 0 saturated heterocycles. The molecule has 3 nitrogen and oxygen atoms in total. The molecule has 2 heterocycles. The number of rotatable bonds is 4. The molecule has 19 heavy (non-hydrogen) atoms. The molecule has 3 rings (SSSR count). The van der Waals surface area contributed by atoms with Crippen LogP contribution in [0.3, 0.4) is 0 Å². The average molecular weight is 275 g/mol. The van der Waals surface area contributed by atoms with Crippen LogP contribution in [-0.2, 0) is 5.75 Å². The third kappa shape index (κ3) is 2.86. The Kier molecular flexibility index (Phi) is 3.92. The van der Waals surface area contributed by atoms with Crippen molar-refractivity contribution in [2.24, 2.45) is 0 Å². The molecule has 0 spiro atoms. The van der Waals surface area contributed by atoms with Crippen LogP contribution >= 0.6 is 11.8 Å². The summed E-state index contributed by atoms with van der Waals surface area (Å²) >= 11 is 1.93. The van der Waals surface area contributed by atoms with Gasteiger partial charge in [-0.15, -0.1) is 0 Å². The first-order valence-electron chi connectivity index (χ1n) is 6.45. The maximum atomic E-state index is 10.0. The monoisotopic (exact) mass is 275 g/mol. The van der Waals surface area contributed by atoms with Crippen molar-refractivity contribution in [2.45, 2.75) is 17.9 Å². The van der Waals surface area contributed by atoms with Gasteiger partial charge in [0.15, 0.2) is 0 Å². The van der Waals surface area contributed by atoms with E-state index in [0.717, 1.165) is 11.5 Å². The molecule has 1 aromatic carbocycles. The van der Waals surface area contributed by atoms with Crippen molar-refractivity contribution in [3.63, 3.8) is 0 Å². The molecular formula is C15H17NO2S. The lowest BCUT2D eigenvalue weighted by Crippen LogP contribution is -2.30. The Balaban J connectivity index is 1.65. The summed E-state index contributed by atoms with van der Waals surface area (Å²) in [6.45, 7) is 0.507. The molecule has 2 N–H and O–H groups in total. The maximum absolute atomic E-state index is 10.0. The van der Waals surface area contributed by atoms with E-state index >= 15 is 0 Å². The van der Waals surface area contributed by atoms with Crippen LogP contribution in [0.15, 0.2) is 47.1 Å². The molecule has 2 aromatic rings. The SMILES string of the molecule is O[C@@H](CN[C@@H]1CSCc2ccccc21)c1ccco1. The molecule has 1 aromatic heterocycles. The molecular weight excluding hydrogens is 258 g/mol. The molecule has 100 valence electrons. The third-order valence-electron chi connectivity index (χ3n) is 3.40. The topological polar surface area (TPSA) is 45.4 Å². The van der Waals surface area contributed by atoms with E-state index in [0.29, 0.717) is 18.3 Å². The van der Waals surface area contributed by atoms with Crippen LogP contribution < -0.4 is 5.32 Å². The van der Waals surface area contributed by atoms with Crippen molar-refractivity contribution in [1.29, 1.82) is 0 Å². The first kappa shape index (κ1) is 12.8. The molecule has 0 bridgehead atoms. The van der Waals surface area contributed by atoms with E-state index in [4.69, 9.17) is 4.42 Å². The molecule has 2 atom stereocenters. The van der Waals surface area contributed by atoms with Gasteiger partial charge in [0, 0.05) is 24.1 Å². The quantitative estimate of drug-likeness (QED) is 0.900. The minimum atomic E-state index is -0.589. The van der Waals surface area contributed by atoms with Gasteiger partial charge in [-0.2, -0.15) is 11.8 Å². The number of furan rings is 1. The van der Waals surface area contributed by atoms with E-state index in [1.807, 2.05) is 11.8 Å². The first-order valence-corrected chi connectivity index (χ1v) is 7.60. The number of benzene rings is 1. The van der Waals surface area contributed by atoms with Crippen molar-refractivity contribution in [3.05, 3.63) is 59.5 Å². The van der Waals surface area contributed by atoms with Gasteiger partial charge >= 0.3 is 0 Å². The average Bonchev–Trinajstić information content (AvgIpc) is 2.99. The summed E-state index contributed by atoms with van der Waals surface area (Å²) < 4.78 is 5.21. The van der Waals surface area contributed by atoms with Crippen molar-refractivity contribution in [1.82, 2.24) is 5.32 Å². The number of thioether (sulfide) groups is 1. The van der Waals surface area contributed by atoms with Gasteiger partial charge in [0.2, 0.25) is 0 Å². The summed E-state index contributed by atoms with van der Waals surface area (Å²) in [5, 5.41) is 13.5. The van der Waals surface area contributed by atoms with Gasteiger partial charge < -0.3 is 14.8 Å². The second-order valence-corrected chi connectivity index (χ2v) is 5.74. The summed E-state index contributed by atoms with van der Waals surface area (Å²) in [6, 6.07) is 12.4. The number of hydrogen-bond acceptors (Lipinski definition) is 4. The van der Waals surface area contributed by atoms with Crippen molar-refractivity contribution in [2.75, 3.05) is 12.3 Å². The Morgan fingerprint density at radius 2 is 2.21 bits per heavy atom. The standard InChI is InChI=1S/C15H17NO2S/c17-14(15-6-3-7-18-15)8-16-13-10-19-9-11-4-1-2-5-12(11)13/h1-7,13-14,16-17H,8-10H2/t13-,14+/m1/s1. The van der Waals surface area contributed by atoms with Crippen LogP contribution in [0.25, 0.3) is 0 Å². The van der Waals surface area contributed by atoms with Crippen LogP contribution in [0.5, 0.6) is 0 Å². The normalized spacial score (nSPS) is 19.9. The molecule has 0 unspecified atom stereocenters. The number of aliphatic hydroxyl groups excluding tert-OH is 1. The zero-order chi connectivity index (χ0) is 13.1. The highest BCUT2D eigenvalue weighted by atomic mass is 32.2. The zero-order valence-electron chi connectivity index (χ0n) is 10.6. The van der Waals surface area contributed by atoms with E-state index in [1.54, 1.807) is 18.4 Å². The highest BCUT2D eigenvalue weighted by molar-refractivity contribution is 7.98. The van der Waals surface area contributed by atoms with Gasteiger partial charge in [-0.1, -0.05) is 24.3 Å². The van der Waals surface area contributed by atoms with Gasteiger partial charge in [-0.05, 0) is 23.3 Å². The van der Waals surface area contributed by atoms with Gasteiger partial charge in [0.05, 0.1) is 6.26 Å². The molecule has 0 amide bonds. The minimum Gasteiger partial charge on any atom is -0.467 e. The van der Waals surface area contributed by atoms with Crippen molar-refractivity contribution in [3.8, 4) is 0 Å². The van der Waals surface area contributed by atoms with Crippen molar-refractivity contribution < 1.29 is 9.52 Å². The smallest absolute Gasteiger partial charge is 0.133 e. The largest absolute Gasteiger partial charge is 0.467 e. The predicted molar refractivity (Wildman–Crippen MR) is 77.0 cm³/mol. The highest BCUT2D eigenvalue weighted by Gasteiger charge is 2.21. The molecule has 0 saturated carbocycles. The molecule has 0 radical (unpaired) electrons. The Morgan fingerprint density at radius 1 is 1.32 bits per heavy atom. The Bertz CT molecular complexity index is 527. The fourth-order valence-electron chi connectivity index (χ4n) is 2.39. The maximum Gasteiger partial charge on any atom is 0.133 e. The van der Waals surface area contributed by atoms with Crippen LogP contribution in [-0.4, -0.2) is 17.4 Å². The fraction of sp³-hybridized carbons (Fsp3) is 0.333. The fourth-order valence-corrected chi connectivity index (χ4v) is 3.52. The second-order valence-electron chi connectivity index (χ2n) is 4.71. The van der Waals surface area contributed by atoms with Crippen LogP contribution in [0.1, 0.15) is 29.0 Å². The number of nitrogens with one attached hydrogen (secondary N) is 1. The van der Waals surface area contributed by atoms with Gasteiger partial charge in [0.25, 0.3) is 0 Å². The van der Waals surface area contributed by atoms with E-state index in [2.05, 4.69) is 29.6 Å². The lowest BCUT2D eigenvalue weighted by molar-refractivity contribution is 0.144. The van der Waals surface area contributed by atoms with Crippen molar-refractivity contribution >= 4 is 11.8 Å². The predicted octanol–water partition coefficient (Wildman–Crippen LogP) is 2.89. The number of fused-ring (bicyclic) bond motifs is 1. The molecule has 4 heteroatoms. The lowest BCUT2D eigenvalue weighted by Gasteiger charge is -2.26. The molecule has 0 fully saturated rings. The van der Waals surface area contributed by atoms with Crippen LogP contribution in [0.4, 0.5) is 0 Å². The van der Waals surface area contributed by atoms with E-state index < -0.39 is 6.10 Å². The number of hydrogen-bond donors (Lipinski definition) is 2. The summed E-state index contributed by atoms with van der Waals surface area (Å²) in [5.41, 5.74) is 2.75. The van der Waals surface area contributed by atoms with Gasteiger partial charge in [-0.25, -0.2) is 0 Å². The van der Waals surface area contributed by atoms with E-state index in [1.165, 1.54) is 11.1 Å². The zero-order valence-corrected chi connectivity index (χ0v) is 11.4. The van der Waals surface area contributed by atoms with E-state index in [9.17, 15) is 5.11 Å². The van der Waals surface area contributed by atoms with Gasteiger partial charge in [-0.3, -0.25) is 0 Å². The highest BCUT2D eigenvalue weighted by Crippen LogP contribution is 2.31. The summed E-state index contributed by atoms with van der Waals surface area (Å²) in [5.74, 6) is 2.74. The molecule has 1 aliphatic heterocycles. The summed E-state index contributed by atoms with van der Waals surface area (Å²) in [4.78, 5) is 0. The molecule has 1 aliphatic rings. The van der Waals surface area contributed by atoms with Crippen LogP contribution in [0.2, 0.25) is 0 Å². The van der Waals surface area contributed by atoms with Gasteiger partial charge in [0.1, 0.15) is 11.9 Å². The Labute approximate surface area is 117 Å². The molecule has 0 aliphatic carbocycles. The Hall–Kier alpha value is -1.23. The third-order valence-corrected chi connectivity index (χ3v) is 4.49. The number of aliphatic hydroxyl groups is 1. The second kappa shape index (κ2) is 5.82. The first-order chi connectivity index (χ1) is 9.34. The minimum absolute atomic E-state index is 0.305. The van der Waals surface area contributed by atoms with Crippen LogP contribution in [0, 0.1) is 0 Å². The summed E-state index contributed by atoms with van der Waals surface area (Å²) in [6.07, 6.45) is 0.999. The Morgan fingerprint density at radius 3 is 3.05 bits per heavy atom. The van der Waals surface area contributed by atoms with E-state index in [-0.39, 0.29) is 0 Å². The lowest BCUT2D eigenvalue weighted by atomic mass is 10.0.